The molecule has 21 heavy (non-hydrogen) atoms. The number of fused-ring (bicyclic) bond motifs is 1. The van der Waals surface area contributed by atoms with E-state index in [0.717, 1.165) is 37.9 Å². The third-order valence-electron chi connectivity index (χ3n) is 5.08. The molecule has 3 atom stereocenters. The summed E-state index contributed by atoms with van der Waals surface area (Å²) in [5.41, 5.74) is 1.36. The zero-order valence-corrected chi connectivity index (χ0v) is 12.5. The van der Waals surface area contributed by atoms with Crippen LogP contribution < -0.4 is 5.32 Å². The quantitative estimate of drug-likeness (QED) is 0.666. The highest BCUT2D eigenvalue weighted by molar-refractivity contribution is 5.33. The fourth-order valence-electron chi connectivity index (χ4n) is 3.99. The highest BCUT2D eigenvalue weighted by atomic mass is 16.6. The van der Waals surface area contributed by atoms with Gasteiger partial charge in [-0.3, -0.25) is 15.0 Å². The number of likely N-dealkylation sites (tertiary alicyclic amines) is 1. The maximum atomic E-state index is 10.7. The van der Waals surface area contributed by atoms with Gasteiger partial charge in [0.05, 0.1) is 4.92 Å². The standard InChI is InChI=1S/C16H23N3O2/c1-2-16-15-10-17-9-13(15)11-18(16)8-7-12-3-5-14(6-4-12)19(20)21/h3-6,13,15-17H,2,7-11H2,1H3. The Morgan fingerprint density at radius 3 is 2.76 bits per heavy atom. The number of nitrogens with one attached hydrogen (secondary N) is 1. The molecule has 0 radical (unpaired) electrons. The van der Waals surface area contributed by atoms with Gasteiger partial charge in [-0.1, -0.05) is 19.1 Å². The molecule has 5 nitrogen and oxygen atoms in total. The van der Waals surface area contributed by atoms with E-state index in [9.17, 15) is 10.1 Å². The number of hydrogen-bond acceptors (Lipinski definition) is 4. The number of non-ortho nitro benzene ring substituents is 1. The molecule has 0 spiro atoms. The topological polar surface area (TPSA) is 58.4 Å². The van der Waals surface area contributed by atoms with E-state index in [-0.39, 0.29) is 10.6 Å². The van der Waals surface area contributed by atoms with Gasteiger partial charge in [0, 0.05) is 31.3 Å². The summed E-state index contributed by atoms with van der Waals surface area (Å²) in [5.74, 6) is 1.62. The van der Waals surface area contributed by atoms with Crippen LogP contribution >= 0.6 is 0 Å². The van der Waals surface area contributed by atoms with E-state index >= 15 is 0 Å². The van der Waals surface area contributed by atoms with Gasteiger partial charge in [-0.2, -0.15) is 0 Å². The molecule has 0 aromatic heterocycles. The molecule has 0 amide bonds. The maximum absolute atomic E-state index is 10.7. The van der Waals surface area contributed by atoms with Crippen LogP contribution in [0.25, 0.3) is 0 Å². The van der Waals surface area contributed by atoms with Crippen LogP contribution in [0.1, 0.15) is 18.9 Å². The van der Waals surface area contributed by atoms with Gasteiger partial charge in [0.25, 0.3) is 5.69 Å². The van der Waals surface area contributed by atoms with Crippen molar-refractivity contribution in [3.8, 4) is 0 Å². The Labute approximate surface area is 125 Å². The average molecular weight is 289 g/mol. The summed E-state index contributed by atoms with van der Waals surface area (Å²) in [6, 6.07) is 7.68. The van der Waals surface area contributed by atoms with Crippen LogP contribution in [0.3, 0.4) is 0 Å². The number of nitro groups is 1. The van der Waals surface area contributed by atoms with Gasteiger partial charge >= 0.3 is 0 Å². The van der Waals surface area contributed by atoms with E-state index in [1.807, 2.05) is 12.1 Å². The Morgan fingerprint density at radius 2 is 2.10 bits per heavy atom. The minimum absolute atomic E-state index is 0.173. The van der Waals surface area contributed by atoms with Crippen LogP contribution in [0.4, 0.5) is 5.69 Å². The minimum atomic E-state index is -0.342. The van der Waals surface area contributed by atoms with Crippen molar-refractivity contribution in [3.63, 3.8) is 0 Å². The minimum Gasteiger partial charge on any atom is -0.316 e. The zero-order valence-electron chi connectivity index (χ0n) is 12.5. The smallest absolute Gasteiger partial charge is 0.269 e. The van der Waals surface area contributed by atoms with Crippen LogP contribution in [-0.2, 0) is 6.42 Å². The Morgan fingerprint density at radius 1 is 1.33 bits per heavy atom. The molecule has 114 valence electrons. The molecule has 5 heteroatoms. The molecule has 2 saturated heterocycles. The molecule has 0 saturated carbocycles. The second kappa shape index (κ2) is 6.12. The van der Waals surface area contributed by atoms with E-state index in [1.54, 1.807) is 12.1 Å². The lowest BCUT2D eigenvalue weighted by Crippen LogP contribution is -2.36. The molecule has 1 aromatic rings. The predicted molar refractivity (Wildman–Crippen MR) is 82.3 cm³/mol. The van der Waals surface area contributed by atoms with Gasteiger partial charge in [0.2, 0.25) is 0 Å². The van der Waals surface area contributed by atoms with Crippen LogP contribution in [0, 0.1) is 22.0 Å². The number of nitro benzene ring substituents is 1. The molecule has 0 aliphatic carbocycles. The summed E-state index contributed by atoms with van der Waals surface area (Å²) >= 11 is 0. The fourth-order valence-corrected chi connectivity index (χ4v) is 3.99. The monoisotopic (exact) mass is 289 g/mol. The maximum Gasteiger partial charge on any atom is 0.269 e. The molecule has 2 fully saturated rings. The van der Waals surface area contributed by atoms with Gasteiger partial charge in [0.1, 0.15) is 0 Å². The van der Waals surface area contributed by atoms with Crippen LogP contribution in [0.5, 0.6) is 0 Å². The first-order valence-corrected chi connectivity index (χ1v) is 7.87. The number of benzene rings is 1. The molecule has 2 heterocycles. The average Bonchev–Trinajstić information content (AvgIpc) is 3.05. The Hall–Kier alpha value is -1.46. The second-order valence-corrected chi connectivity index (χ2v) is 6.23. The molecule has 3 rings (SSSR count). The summed E-state index contributed by atoms with van der Waals surface area (Å²) < 4.78 is 0. The predicted octanol–water partition coefficient (Wildman–Crippen LogP) is 2.07. The summed E-state index contributed by atoms with van der Waals surface area (Å²) in [4.78, 5) is 12.9. The summed E-state index contributed by atoms with van der Waals surface area (Å²) in [6.07, 6.45) is 2.18. The Bertz CT molecular complexity index is 503. The molecule has 3 unspecified atom stereocenters. The van der Waals surface area contributed by atoms with Crippen molar-refractivity contribution in [2.45, 2.75) is 25.8 Å². The van der Waals surface area contributed by atoms with E-state index in [4.69, 9.17) is 0 Å². The van der Waals surface area contributed by atoms with E-state index in [0.29, 0.717) is 6.04 Å². The number of hydrogen-bond donors (Lipinski definition) is 1. The molecule has 2 aliphatic rings. The van der Waals surface area contributed by atoms with Crippen LogP contribution in [0.15, 0.2) is 24.3 Å². The number of nitrogens with zero attached hydrogens (tertiary/aromatic N) is 2. The largest absolute Gasteiger partial charge is 0.316 e. The third-order valence-corrected chi connectivity index (χ3v) is 5.08. The Kier molecular flexibility index (Phi) is 4.22. The molecular formula is C16H23N3O2. The normalized spacial score (nSPS) is 28.7. The van der Waals surface area contributed by atoms with Crippen molar-refractivity contribution in [3.05, 3.63) is 39.9 Å². The van der Waals surface area contributed by atoms with Crippen molar-refractivity contribution in [1.82, 2.24) is 10.2 Å². The first kappa shape index (κ1) is 14.5. The highest BCUT2D eigenvalue weighted by Crippen LogP contribution is 2.34. The second-order valence-electron chi connectivity index (χ2n) is 6.23. The molecule has 1 N–H and O–H groups in total. The third kappa shape index (κ3) is 2.94. The van der Waals surface area contributed by atoms with Crippen molar-refractivity contribution >= 4 is 5.69 Å². The van der Waals surface area contributed by atoms with Gasteiger partial charge in [0.15, 0.2) is 0 Å². The lowest BCUT2D eigenvalue weighted by molar-refractivity contribution is -0.384. The van der Waals surface area contributed by atoms with E-state index in [2.05, 4.69) is 17.1 Å². The molecule has 1 aromatic carbocycles. The van der Waals surface area contributed by atoms with Crippen molar-refractivity contribution in [2.24, 2.45) is 11.8 Å². The SMILES string of the molecule is CCC1C2CNCC2CN1CCc1ccc([N+](=O)[O-])cc1. The van der Waals surface area contributed by atoms with E-state index < -0.39 is 0 Å². The highest BCUT2D eigenvalue weighted by Gasteiger charge is 2.42. The lowest BCUT2D eigenvalue weighted by atomic mass is 9.93. The van der Waals surface area contributed by atoms with Gasteiger partial charge in [-0.25, -0.2) is 0 Å². The zero-order chi connectivity index (χ0) is 14.8. The van der Waals surface area contributed by atoms with E-state index in [1.165, 1.54) is 18.5 Å². The molecular weight excluding hydrogens is 266 g/mol. The van der Waals surface area contributed by atoms with Crippen LogP contribution in [0.2, 0.25) is 0 Å². The first-order chi connectivity index (χ1) is 10.2. The fraction of sp³-hybridized carbons (Fsp3) is 0.625. The molecule has 0 bridgehead atoms. The first-order valence-electron chi connectivity index (χ1n) is 7.87. The Balaban J connectivity index is 1.58. The van der Waals surface area contributed by atoms with Gasteiger partial charge in [-0.15, -0.1) is 0 Å². The lowest BCUT2D eigenvalue weighted by Gasteiger charge is -2.26. The van der Waals surface area contributed by atoms with Crippen molar-refractivity contribution < 1.29 is 4.92 Å². The summed E-state index contributed by atoms with van der Waals surface area (Å²) in [6.45, 7) is 6.86. The van der Waals surface area contributed by atoms with Crippen molar-refractivity contribution in [1.29, 1.82) is 0 Å². The summed E-state index contributed by atoms with van der Waals surface area (Å²) in [5, 5.41) is 14.2. The van der Waals surface area contributed by atoms with Crippen molar-refractivity contribution in [2.75, 3.05) is 26.2 Å². The van der Waals surface area contributed by atoms with Crippen LogP contribution in [-0.4, -0.2) is 42.0 Å². The summed E-state index contributed by atoms with van der Waals surface area (Å²) in [7, 11) is 0. The van der Waals surface area contributed by atoms with Gasteiger partial charge in [-0.05, 0) is 43.3 Å². The van der Waals surface area contributed by atoms with Gasteiger partial charge < -0.3 is 5.32 Å². The number of rotatable bonds is 5. The molecule has 2 aliphatic heterocycles.